The van der Waals surface area contributed by atoms with E-state index in [1.54, 1.807) is 6.07 Å². The Hall–Kier alpha value is -0.510. The Morgan fingerprint density at radius 2 is 2.00 bits per heavy atom. The lowest BCUT2D eigenvalue weighted by Crippen LogP contribution is -2.08. The zero-order valence-corrected chi connectivity index (χ0v) is 9.52. The van der Waals surface area contributed by atoms with Crippen LogP contribution in [0.5, 0.6) is 5.75 Å². The molecule has 0 unspecified atom stereocenters. The van der Waals surface area contributed by atoms with Crippen LogP contribution in [0.1, 0.15) is 0 Å². The monoisotopic (exact) mass is 252 g/mol. The standard InChI is InChI=1S/C10H11Cl2FO2/c11-3-4-14-5-6-15-8-1-2-9(12)10(13)7-8/h1-2,7H,3-6H2. The number of benzene rings is 1. The van der Waals surface area contributed by atoms with Crippen molar-refractivity contribution in [2.75, 3.05) is 25.7 Å². The van der Waals surface area contributed by atoms with E-state index >= 15 is 0 Å². The molecule has 2 nitrogen and oxygen atoms in total. The van der Waals surface area contributed by atoms with Crippen molar-refractivity contribution in [3.05, 3.63) is 29.0 Å². The molecule has 1 aromatic carbocycles. The second-order valence-electron chi connectivity index (χ2n) is 2.73. The molecule has 1 rings (SSSR count). The molecule has 0 aromatic heterocycles. The molecule has 5 heteroatoms. The maximum atomic E-state index is 12.9. The zero-order valence-electron chi connectivity index (χ0n) is 8.01. The Morgan fingerprint density at radius 3 is 2.67 bits per heavy atom. The smallest absolute Gasteiger partial charge is 0.145 e. The molecule has 0 spiro atoms. The summed E-state index contributed by atoms with van der Waals surface area (Å²) in [6.45, 7) is 1.27. The van der Waals surface area contributed by atoms with Crippen LogP contribution in [0, 0.1) is 5.82 Å². The van der Waals surface area contributed by atoms with Crippen LogP contribution in [0.15, 0.2) is 18.2 Å². The van der Waals surface area contributed by atoms with Crippen molar-refractivity contribution in [2.24, 2.45) is 0 Å². The predicted octanol–water partition coefficient (Wildman–Crippen LogP) is 3.11. The number of rotatable bonds is 6. The zero-order chi connectivity index (χ0) is 11.1. The van der Waals surface area contributed by atoms with Crippen LogP contribution in [0.25, 0.3) is 0 Å². The van der Waals surface area contributed by atoms with E-state index in [-0.39, 0.29) is 5.02 Å². The van der Waals surface area contributed by atoms with Gasteiger partial charge in [0.05, 0.1) is 18.2 Å². The maximum absolute atomic E-state index is 12.9. The van der Waals surface area contributed by atoms with Gasteiger partial charge in [0.1, 0.15) is 18.2 Å². The summed E-state index contributed by atoms with van der Waals surface area (Å²) in [5, 5.41) is 0.0840. The Balaban J connectivity index is 2.28. The topological polar surface area (TPSA) is 18.5 Å². The van der Waals surface area contributed by atoms with Gasteiger partial charge in [0.2, 0.25) is 0 Å². The van der Waals surface area contributed by atoms with Gasteiger partial charge >= 0.3 is 0 Å². The molecule has 0 heterocycles. The third-order valence-corrected chi connectivity index (χ3v) is 2.07. The first-order chi connectivity index (χ1) is 7.24. The highest BCUT2D eigenvalue weighted by molar-refractivity contribution is 6.30. The predicted molar refractivity (Wildman–Crippen MR) is 58.4 cm³/mol. The molecule has 0 aliphatic rings. The highest BCUT2D eigenvalue weighted by atomic mass is 35.5. The fraction of sp³-hybridized carbons (Fsp3) is 0.400. The van der Waals surface area contributed by atoms with Crippen LogP contribution < -0.4 is 4.74 Å². The SMILES string of the molecule is Fc1cc(OCCOCCCl)ccc1Cl. The van der Waals surface area contributed by atoms with Crippen LogP contribution >= 0.6 is 23.2 Å². The van der Waals surface area contributed by atoms with E-state index in [9.17, 15) is 4.39 Å². The summed E-state index contributed by atoms with van der Waals surface area (Å²) >= 11 is 10.9. The molecule has 0 aliphatic heterocycles. The highest BCUT2D eigenvalue weighted by Crippen LogP contribution is 2.20. The lowest BCUT2D eigenvalue weighted by Gasteiger charge is -2.06. The number of hydrogen-bond acceptors (Lipinski definition) is 2. The van der Waals surface area contributed by atoms with Crippen LogP contribution in [-0.2, 0) is 4.74 Å². The van der Waals surface area contributed by atoms with Crippen molar-refractivity contribution < 1.29 is 13.9 Å². The van der Waals surface area contributed by atoms with Gasteiger partial charge in [0, 0.05) is 11.9 Å². The number of ether oxygens (including phenoxy) is 2. The van der Waals surface area contributed by atoms with Crippen molar-refractivity contribution >= 4 is 23.2 Å². The molecule has 0 bridgehead atoms. The van der Waals surface area contributed by atoms with Crippen LogP contribution in [0.4, 0.5) is 4.39 Å². The average molecular weight is 253 g/mol. The van der Waals surface area contributed by atoms with E-state index in [0.717, 1.165) is 0 Å². The van der Waals surface area contributed by atoms with Crippen LogP contribution in [0.2, 0.25) is 5.02 Å². The largest absolute Gasteiger partial charge is 0.491 e. The summed E-state index contributed by atoms with van der Waals surface area (Å²) in [6, 6.07) is 4.29. The van der Waals surface area contributed by atoms with Gasteiger partial charge in [-0.05, 0) is 12.1 Å². The minimum absolute atomic E-state index is 0.0840. The minimum atomic E-state index is -0.490. The van der Waals surface area contributed by atoms with Crippen LogP contribution in [0.3, 0.4) is 0 Å². The fourth-order valence-electron chi connectivity index (χ4n) is 0.942. The third-order valence-electron chi connectivity index (χ3n) is 1.61. The lowest BCUT2D eigenvalue weighted by molar-refractivity contribution is 0.111. The molecule has 15 heavy (non-hydrogen) atoms. The molecular formula is C10H11Cl2FO2. The first-order valence-electron chi connectivity index (χ1n) is 4.45. The summed E-state index contributed by atoms with van der Waals surface area (Å²) in [5.74, 6) is 0.400. The van der Waals surface area contributed by atoms with Gasteiger partial charge in [-0.1, -0.05) is 11.6 Å². The lowest BCUT2D eigenvalue weighted by atomic mass is 10.3. The molecule has 0 saturated carbocycles. The summed E-state index contributed by atoms with van der Waals surface area (Å²) in [4.78, 5) is 0. The summed E-state index contributed by atoms with van der Waals surface area (Å²) in [7, 11) is 0. The molecule has 84 valence electrons. The quantitative estimate of drug-likeness (QED) is 0.572. The molecule has 0 saturated heterocycles. The summed E-state index contributed by atoms with van der Waals surface area (Å²) < 4.78 is 23.3. The number of hydrogen-bond donors (Lipinski definition) is 0. The maximum Gasteiger partial charge on any atom is 0.145 e. The normalized spacial score (nSPS) is 10.3. The van der Waals surface area contributed by atoms with E-state index < -0.39 is 5.82 Å². The first-order valence-corrected chi connectivity index (χ1v) is 5.37. The molecule has 0 amide bonds. The average Bonchev–Trinajstić information content (AvgIpc) is 2.23. The molecule has 1 aromatic rings. The van der Waals surface area contributed by atoms with Gasteiger partial charge in [-0.2, -0.15) is 0 Å². The van der Waals surface area contributed by atoms with Crippen molar-refractivity contribution in [1.82, 2.24) is 0 Å². The van der Waals surface area contributed by atoms with Crippen molar-refractivity contribution in [2.45, 2.75) is 0 Å². The Morgan fingerprint density at radius 1 is 1.20 bits per heavy atom. The molecule has 0 atom stereocenters. The van der Waals surface area contributed by atoms with Gasteiger partial charge < -0.3 is 9.47 Å². The van der Waals surface area contributed by atoms with E-state index in [4.69, 9.17) is 32.7 Å². The van der Waals surface area contributed by atoms with E-state index in [2.05, 4.69) is 0 Å². The Kier molecular flexibility index (Phi) is 5.76. The van der Waals surface area contributed by atoms with Crippen molar-refractivity contribution in [3.63, 3.8) is 0 Å². The fourth-order valence-corrected chi connectivity index (χ4v) is 1.17. The third kappa shape index (κ3) is 4.69. The van der Waals surface area contributed by atoms with Gasteiger partial charge in [-0.3, -0.25) is 0 Å². The van der Waals surface area contributed by atoms with Gasteiger partial charge in [-0.25, -0.2) is 4.39 Å². The van der Waals surface area contributed by atoms with Gasteiger partial charge in [0.25, 0.3) is 0 Å². The Bertz CT molecular complexity index is 307. The van der Waals surface area contributed by atoms with Crippen molar-refractivity contribution in [1.29, 1.82) is 0 Å². The minimum Gasteiger partial charge on any atom is -0.491 e. The number of alkyl halides is 1. The second kappa shape index (κ2) is 6.88. The second-order valence-corrected chi connectivity index (χ2v) is 3.51. The van der Waals surface area contributed by atoms with Gasteiger partial charge in [-0.15, -0.1) is 11.6 Å². The molecular weight excluding hydrogens is 242 g/mol. The van der Waals surface area contributed by atoms with E-state index in [1.807, 2.05) is 0 Å². The molecule has 0 radical (unpaired) electrons. The molecule has 0 aliphatic carbocycles. The Labute approximate surface area is 97.9 Å². The summed E-state index contributed by atoms with van der Waals surface area (Å²) in [5.41, 5.74) is 0. The van der Waals surface area contributed by atoms with E-state index in [1.165, 1.54) is 12.1 Å². The van der Waals surface area contributed by atoms with Crippen molar-refractivity contribution in [3.8, 4) is 5.75 Å². The first kappa shape index (κ1) is 12.6. The number of halogens is 3. The molecule has 0 N–H and O–H groups in total. The van der Waals surface area contributed by atoms with E-state index in [0.29, 0.717) is 31.5 Å². The van der Waals surface area contributed by atoms with Gasteiger partial charge in [0.15, 0.2) is 0 Å². The van der Waals surface area contributed by atoms with Crippen LogP contribution in [-0.4, -0.2) is 25.7 Å². The highest BCUT2D eigenvalue weighted by Gasteiger charge is 2.01. The summed E-state index contributed by atoms with van der Waals surface area (Å²) in [6.07, 6.45) is 0. The molecule has 0 fully saturated rings.